The van der Waals surface area contributed by atoms with Gasteiger partial charge in [0.05, 0.1) is 6.61 Å². The minimum atomic E-state index is -4.15. The highest BCUT2D eigenvalue weighted by molar-refractivity contribution is 7.55. The summed E-state index contributed by atoms with van der Waals surface area (Å²) in [6.07, 6.45) is 0.838. The second-order valence-corrected chi connectivity index (χ2v) is 5.03. The quantitative estimate of drug-likeness (QED) is 0.494. The highest BCUT2D eigenvalue weighted by Gasteiger charge is 2.25. The molecule has 1 aliphatic rings. The number of nitrogens with one attached hydrogen (secondary N) is 1. The van der Waals surface area contributed by atoms with Crippen LogP contribution in [0.15, 0.2) is 11.4 Å². The Morgan fingerprint density at radius 3 is 2.94 bits per heavy atom. The number of carbonyl (C=O) groups is 1. The topological polar surface area (TPSA) is 95.9 Å². The van der Waals surface area contributed by atoms with Gasteiger partial charge in [-0.2, -0.15) is 0 Å². The summed E-state index contributed by atoms with van der Waals surface area (Å²) in [6, 6.07) is -0.494. The predicted octanol–water partition coefficient (Wildman–Crippen LogP) is 0.363. The summed E-state index contributed by atoms with van der Waals surface area (Å²) in [7, 11) is -4.15. The van der Waals surface area contributed by atoms with Crippen LogP contribution in [0.4, 0.5) is 0 Å². The van der Waals surface area contributed by atoms with E-state index in [4.69, 9.17) is 14.5 Å². The van der Waals surface area contributed by atoms with Crippen LogP contribution in [0.5, 0.6) is 0 Å². The van der Waals surface area contributed by atoms with E-state index in [0.717, 1.165) is 5.82 Å². The molecular formula is C9H16NO5P. The standard InChI is InChI=1S/C9H16NO5P/c1-2-15-9(11)8-5-7(3-4-10-8)6-16(12,13)14/h6,8,10H,2-5H2,1H3,(H2,12,13,14). The lowest BCUT2D eigenvalue weighted by Crippen LogP contribution is -2.42. The molecule has 0 spiro atoms. The molecule has 1 atom stereocenters. The van der Waals surface area contributed by atoms with Crippen LogP contribution >= 0.6 is 7.60 Å². The van der Waals surface area contributed by atoms with Crippen molar-refractivity contribution in [3.05, 3.63) is 11.4 Å². The number of piperidine rings is 1. The molecule has 0 bridgehead atoms. The molecule has 1 saturated heterocycles. The molecule has 0 saturated carbocycles. The molecule has 6 nitrogen and oxygen atoms in total. The lowest BCUT2D eigenvalue weighted by atomic mass is 10.0. The molecule has 16 heavy (non-hydrogen) atoms. The number of esters is 1. The zero-order valence-electron chi connectivity index (χ0n) is 9.05. The van der Waals surface area contributed by atoms with E-state index in [2.05, 4.69) is 5.32 Å². The molecule has 0 radical (unpaired) electrons. The summed E-state index contributed by atoms with van der Waals surface area (Å²) >= 11 is 0. The van der Waals surface area contributed by atoms with Crippen LogP contribution in [0.2, 0.25) is 0 Å². The van der Waals surface area contributed by atoms with Gasteiger partial charge in [-0.1, -0.05) is 5.57 Å². The van der Waals surface area contributed by atoms with Crippen LogP contribution in [-0.4, -0.2) is 34.9 Å². The number of hydrogen-bond acceptors (Lipinski definition) is 4. The maximum Gasteiger partial charge on any atom is 0.349 e. The van der Waals surface area contributed by atoms with E-state index in [1.54, 1.807) is 6.92 Å². The van der Waals surface area contributed by atoms with Gasteiger partial charge in [-0.25, -0.2) is 0 Å². The molecule has 1 rings (SSSR count). The van der Waals surface area contributed by atoms with Crippen molar-refractivity contribution in [1.82, 2.24) is 5.32 Å². The van der Waals surface area contributed by atoms with Gasteiger partial charge in [-0.05, 0) is 26.3 Å². The Balaban J connectivity index is 2.64. The molecule has 1 unspecified atom stereocenters. The van der Waals surface area contributed by atoms with Crippen LogP contribution in [0.25, 0.3) is 0 Å². The zero-order chi connectivity index (χ0) is 12.2. The Hall–Kier alpha value is -0.680. The Labute approximate surface area is 93.8 Å². The van der Waals surface area contributed by atoms with Crippen LogP contribution in [-0.2, 0) is 14.1 Å². The molecule has 0 amide bonds. The lowest BCUT2D eigenvalue weighted by molar-refractivity contribution is -0.145. The average molecular weight is 249 g/mol. The van der Waals surface area contributed by atoms with Gasteiger partial charge in [-0.3, -0.25) is 9.36 Å². The van der Waals surface area contributed by atoms with Gasteiger partial charge in [0.15, 0.2) is 0 Å². The second-order valence-electron chi connectivity index (χ2n) is 3.59. The van der Waals surface area contributed by atoms with E-state index in [1.165, 1.54) is 0 Å². The third-order valence-electron chi connectivity index (χ3n) is 2.23. The fourth-order valence-corrected chi connectivity index (χ4v) is 2.32. The van der Waals surface area contributed by atoms with E-state index < -0.39 is 13.6 Å². The predicted molar refractivity (Wildman–Crippen MR) is 57.8 cm³/mol. The van der Waals surface area contributed by atoms with Crippen molar-refractivity contribution in [1.29, 1.82) is 0 Å². The zero-order valence-corrected chi connectivity index (χ0v) is 9.94. The fraction of sp³-hybridized carbons (Fsp3) is 0.667. The number of hydrogen-bond donors (Lipinski definition) is 3. The van der Waals surface area contributed by atoms with Crippen LogP contribution < -0.4 is 5.32 Å². The van der Waals surface area contributed by atoms with Crippen molar-refractivity contribution in [3.63, 3.8) is 0 Å². The largest absolute Gasteiger partial charge is 0.465 e. The number of carbonyl (C=O) groups excluding carboxylic acids is 1. The minimum absolute atomic E-state index is 0.296. The molecule has 3 N–H and O–H groups in total. The molecule has 1 fully saturated rings. The van der Waals surface area contributed by atoms with Gasteiger partial charge < -0.3 is 19.8 Å². The first-order valence-corrected chi connectivity index (χ1v) is 6.76. The molecular weight excluding hydrogens is 233 g/mol. The van der Waals surface area contributed by atoms with Crippen molar-refractivity contribution < 1.29 is 23.9 Å². The lowest BCUT2D eigenvalue weighted by Gasteiger charge is -2.24. The summed E-state index contributed by atoms with van der Waals surface area (Å²) in [5.74, 6) is 0.568. The Bertz CT molecular complexity index is 335. The fourth-order valence-electron chi connectivity index (χ4n) is 1.61. The Morgan fingerprint density at radius 2 is 2.38 bits per heavy atom. The van der Waals surface area contributed by atoms with Crippen molar-refractivity contribution >= 4 is 13.6 Å². The van der Waals surface area contributed by atoms with E-state index in [1.807, 2.05) is 0 Å². The SMILES string of the molecule is CCOC(=O)C1CC(=CP(=O)(O)O)CCN1. The Kier molecular flexibility index (Phi) is 4.68. The van der Waals surface area contributed by atoms with Crippen LogP contribution in [0.3, 0.4) is 0 Å². The average Bonchev–Trinajstić information content (AvgIpc) is 2.16. The van der Waals surface area contributed by atoms with Crippen molar-refractivity contribution in [2.75, 3.05) is 13.2 Å². The van der Waals surface area contributed by atoms with Crippen molar-refractivity contribution in [2.24, 2.45) is 0 Å². The molecule has 1 heterocycles. The van der Waals surface area contributed by atoms with Crippen molar-refractivity contribution in [3.8, 4) is 0 Å². The van der Waals surface area contributed by atoms with Gasteiger partial charge in [0.1, 0.15) is 6.04 Å². The second kappa shape index (κ2) is 5.59. The molecule has 1 aliphatic heterocycles. The van der Waals surface area contributed by atoms with Crippen LogP contribution in [0, 0.1) is 0 Å². The van der Waals surface area contributed by atoms with Crippen molar-refractivity contribution in [2.45, 2.75) is 25.8 Å². The maximum absolute atomic E-state index is 11.4. The number of ether oxygens (including phenoxy) is 1. The van der Waals surface area contributed by atoms with Gasteiger partial charge in [0.2, 0.25) is 0 Å². The molecule has 0 aromatic carbocycles. The maximum atomic E-state index is 11.4. The van der Waals surface area contributed by atoms with Gasteiger partial charge in [0.25, 0.3) is 0 Å². The van der Waals surface area contributed by atoms with E-state index >= 15 is 0 Å². The monoisotopic (exact) mass is 249 g/mol. The molecule has 0 aliphatic carbocycles. The summed E-state index contributed by atoms with van der Waals surface area (Å²) in [4.78, 5) is 29.0. The van der Waals surface area contributed by atoms with Crippen LogP contribution in [0.1, 0.15) is 19.8 Å². The summed E-state index contributed by atoms with van der Waals surface area (Å²) in [5.41, 5.74) is 0.602. The first-order chi connectivity index (χ1) is 7.42. The normalized spacial score (nSPS) is 24.4. The third-order valence-corrected chi connectivity index (χ3v) is 2.93. The smallest absolute Gasteiger partial charge is 0.349 e. The highest BCUT2D eigenvalue weighted by atomic mass is 31.2. The van der Waals surface area contributed by atoms with Gasteiger partial charge >= 0.3 is 13.6 Å². The Morgan fingerprint density at radius 1 is 1.69 bits per heavy atom. The summed E-state index contributed by atoms with van der Waals surface area (Å²) in [6.45, 7) is 2.54. The molecule has 92 valence electrons. The summed E-state index contributed by atoms with van der Waals surface area (Å²) in [5, 5.41) is 2.95. The molecule has 0 aromatic rings. The van der Waals surface area contributed by atoms with E-state index in [-0.39, 0.29) is 5.97 Å². The molecule has 7 heteroatoms. The van der Waals surface area contributed by atoms with Gasteiger partial charge in [-0.15, -0.1) is 0 Å². The van der Waals surface area contributed by atoms with E-state index in [9.17, 15) is 9.36 Å². The summed E-state index contributed by atoms with van der Waals surface area (Å²) < 4.78 is 15.6. The van der Waals surface area contributed by atoms with E-state index in [0.29, 0.717) is 31.6 Å². The first kappa shape index (κ1) is 13.4. The number of rotatable bonds is 3. The van der Waals surface area contributed by atoms with Gasteiger partial charge in [0, 0.05) is 5.82 Å². The third kappa shape index (κ3) is 4.45. The first-order valence-electron chi connectivity index (χ1n) is 5.08. The minimum Gasteiger partial charge on any atom is -0.465 e. The highest BCUT2D eigenvalue weighted by Crippen LogP contribution is 2.39. The molecule has 0 aromatic heterocycles.